The highest BCUT2D eigenvalue weighted by molar-refractivity contribution is 7.17. The van der Waals surface area contributed by atoms with Crippen LogP contribution in [0.1, 0.15) is 16.3 Å². The van der Waals surface area contributed by atoms with E-state index >= 15 is 0 Å². The Balaban J connectivity index is 2.61. The molecule has 3 nitrogen and oxygen atoms in total. The molecular weight excluding hydrogens is 182 g/mol. The summed E-state index contributed by atoms with van der Waals surface area (Å²) in [5, 5.41) is 0. The van der Waals surface area contributed by atoms with E-state index in [1.807, 2.05) is 6.92 Å². The molecule has 2 heterocycles. The lowest BCUT2D eigenvalue weighted by molar-refractivity contribution is 0.896. The van der Waals surface area contributed by atoms with Crippen LogP contribution in [0.3, 0.4) is 0 Å². The zero-order chi connectivity index (χ0) is 9.42. The van der Waals surface area contributed by atoms with E-state index in [-0.39, 0.29) is 0 Å². The largest absolute Gasteiger partial charge is 0.330 e. The molecule has 0 fully saturated rings. The molecule has 2 aromatic heterocycles. The Labute approximate surface area is 81.2 Å². The molecule has 2 N–H and O–H groups in total. The molecule has 70 valence electrons. The van der Waals surface area contributed by atoms with Gasteiger partial charge in [-0.2, -0.15) is 0 Å². The summed E-state index contributed by atoms with van der Waals surface area (Å²) in [4.78, 5) is 6.85. The molecule has 0 amide bonds. The highest BCUT2D eigenvalue weighted by Crippen LogP contribution is 2.20. The molecule has 13 heavy (non-hydrogen) atoms. The van der Waals surface area contributed by atoms with Gasteiger partial charge in [-0.15, -0.1) is 11.3 Å². The summed E-state index contributed by atoms with van der Waals surface area (Å²) in [5.41, 5.74) is 7.91. The molecular formula is C9H13N3S. The van der Waals surface area contributed by atoms with Crippen molar-refractivity contribution in [1.82, 2.24) is 9.38 Å². The van der Waals surface area contributed by atoms with Crippen molar-refractivity contribution in [3.63, 3.8) is 0 Å². The number of thiazole rings is 1. The smallest absolute Gasteiger partial charge is 0.194 e. The zero-order valence-corrected chi connectivity index (χ0v) is 8.69. The van der Waals surface area contributed by atoms with Crippen LogP contribution in [0.4, 0.5) is 0 Å². The van der Waals surface area contributed by atoms with Crippen LogP contribution >= 0.6 is 11.3 Å². The monoisotopic (exact) mass is 195 g/mol. The maximum Gasteiger partial charge on any atom is 0.194 e. The quantitative estimate of drug-likeness (QED) is 0.789. The number of hydrogen-bond acceptors (Lipinski definition) is 3. The lowest BCUT2D eigenvalue weighted by atomic mass is 10.2. The van der Waals surface area contributed by atoms with Crippen LogP contribution in [0.2, 0.25) is 0 Å². The number of hydrogen-bond donors (Lipinski definition) is 1. The molecule has 2 rings (SSSR count). The van der Waals surface area contributed by atoms with Gasteiger partial charge in [0.1, 0.15) is 0 Å². The van der Waals surface area contributed by atoms with E-state index in [4.69, 9.17) is 5.73 Å². The molecule has 0 unspecified atom stereocenters. The Kier molecular flexibility index (Phi) is 2.09. The fourth-order valence-corrected chi connectivity index (χ4v) is 2.44. The number of nitrogens with two attached hydrogens (primary N) is 1. The van der Waals surface area contributed by atoms with Crippen LogP contribution in [0.15, 0.2) is 6.20 Å². The van der Waals surface area contributed by atoms with Gasteiger partial charge in [0.25, 0.3) is 0 Å². The van der Waals surface area contributed by atoms with Gasteiger partial charge in [0, 0.05) is 23.2 Å². The van der Waals surface area contributed by atoms with Gasteiger partial charge < -0.3 is 5.73 Å². The van der Waals surface area contributed by atoms with Gasteiger partial charge in [-0.25, -0.2) is 4.98 Å². The minimum absolute atomic E-state index is 0.684. The second-order valence-corrected chi connectivity index (χ2v) is 4.39. The van der Waals surface area contributed by atoms with Crippen LogP contribution in [-0.4, -0.2) is 15.9 Å². The Hall–Kier alpha value is -0.870. The first-order valence-corrected chi connectivity index (χ1v) is 5.18. The van der Waals surface area contributed by atoms with E-state index in [0.29, 0.717) is 6.54 Å². The summed E-state index contributed by atoms with van der Waals surface area (Å²) < 4.78 is 2.15. The highest BCUT2D eigenvalue weighted by atomic mass is 32.1. The van der Waals surface area contributed by atoms with Crippen LogP contribution in [0.25, 0.3) is 4.96 Å². The summed E-state index contributed by atoms with van der Waals surface area (Å²) in [6.45, 7) is 4.82. The van der Waals surface area contributed by atoms with E-state index in [1.54, 1.807) is 11.3 Å². The minimum Gasteiger partial charge on any atom is -0.330 e. The van der Waals surface area contributed by atoms with Crippen molar-refractivity contribution >= 4 is 16.3 Å². The number of fused-ring (bicyclic) bond motifs is 1. The third-order valence-electron chi connectivity index (χ3n) is 2.12. The Morgan fingerprint density at radius 1 is 1.54 bits per heavy atom. The number of aromatic nitrogens is 2. The predicted octanol–water partition coefficient (Wildman–Crippen LogP) is 1.51. The van der Waals surface area contributed by atoms with Gasteiger partial charge in [0.15, 0.2) is 4.96 Å². The van der Waals surface area contributed by atoms with E-state index in [9.17, 15) is 0 Å². The molecule has 0 spiro atoms. The SMILES string of the molecule is Cc1cn2c(CCN)c(C)nc2s1. The van der Waals surface area contributed by atoms with E-state index in [1.165, 1.54) is 10.6 Å². The summed E-state index contributed by atoms with van der Waals surface area (Å²) in [6, 6.07) is 0. The number of aryl methyl sites for hydroxylation is 2. The van der Waals surface area contributed by atoms with Crippen molar-refractivity contribution in [3.8, 4) is 0 Å². The van der Waals surface area contributed by atoms with Crippen LogP contribution in [0, 0.1) is 13.8 Å². The van der Waals surface area contributed by atoms with Gasteiger partial charge in [-0.05, 0) is 20.4 Å². The van der Waals surface area contributed by atoms with Crippen molar-refractivity contribution in [3.05, 3.63) is 22.5 Å². The maximum atomic E-state index is 5.55. The van der Waals surface area contributed by atoms with Crippen LogP contribution < -0.4 is 5.73 Å². The van der Waals surface area contributed by atoms with Crippen LogP contribution in [0.5, 0.6) is 0 Å². The first kappa shape index (κ1) is 8.72. The molecule has 0 bridgehead atoms. The normalized spacial score (nSPS) is 11.3. The highest BCUT2D eigenvalue weighted by Gasteiger charge is 2.09. The van der Waals surface area contributed by atoms with Gasteiger partial charge >= 0.3 is 0 Å². The molecule has 4 heteroatoms. The average molecular weight is 195 g/mol. The zero-order valence-electron chi connectivity index (χ0n) is 7.87. The third-order valence-corrected chi connectivity index (χ3v) is 3.02. The van der Waals surface area contributed by atoms with Crippen molar-refractivity contribution in [2.24, 2.45) is 5.73 Å². The molecule has 0 saturated heterocycles. The molecule has 0 aromatic carbocycles. The third kappa shape index (κ3) is 1.36. The molecule has 0 aliphatic rings. The molecule has 0 saturated carbocycles. The lowest BCUT2D eigenvalue weighted by Crippen LogP contribution is -2.05. The summed E-state index contributed by atoms with van der Waals surface area (Å²) in [5.74, 6) is 0. The van der Waals surface area contributed by atoms with Gasteiger partial charge in [-0.1, -0.05) is 0 Å². The minimum atomic E-state index is 0.684. The van der Waals surface area contributed by atoms with E-state index in [0.717, 1.165) is 17.1 Å². The number of rotatable bonds is 2. The second-order valence-electron chi connectivity index (χ2n) is 3.18. The van der Waals surface area contributed by atoms with E-state index in [2.05, 4.69) is 22.5 Å². The standard InChI is InChI=1S/C9H13N3S/c1-6-5-12-8(3-4-10)7(2)11-9(12)13-6/h5H,3-4,10H2,1-2H3. The molecule has 0 aliphatic carbocycles. The van der Waals surface area contributed by atoms with Crippen molar-refractivity contribution in [1.29, 1.82) is 0 Å². The Morgan fingerprint density at radius 3 is 3.00 bits per heavy atom. The van der Waals surface area contributed by atoms with Crippen molar-refractivity contribution in [2.75, 3.05) is 6.54 Å². The topological polar surface area (TPSA) is 43.3 Å². The first-order valence-electron chi connectivity index (χ1n) is 4.36. The molecule has 2 aromatic rings. The Morgan fingerprint density at radius 2 is 2.31 bits per heavy atom. The van der Waals surface area contributed by atoms with Crippen molar-refractivity contribution < 1.29 is 0 Å². The van der Waals surface area contributed by atoms with Crippen LogP contribution in [-0.2, 0) is 6.42 Å². The fraction of sp³-hybridized carbons (Fsp3) is 0.444. The number of imidazole rings is 1. The average Bonchev–Trinajstić information content (AvgIpc) is 2.52. The second kappa shape index (κ2) is 3.12. The van der Waals surface area contributed by atoms with Gasteiger partial charge in [0.2, 0.25) is 0 Å². The fourth-order valence-electron chi connectivity index (χ4n) is 1.55. The molecule has 0 aliphatic heterocycles. The van der Waals surface area contributed by atoms with E-state index < -0.39 is 0 Å². The molecule has 0 radical (unpaired) electrons. The molecule has 0 atom stereocenters. The predicted molar refractivity (Wildman–Crippen MR) is 55.3 cm³/mol. The first-order chi connectivity index (χ1) is 6.22. The Bertz CT molecular complexity index is 427. The van der Waals surface area contributed by atoms with Gasteiger partial charge in [-0.3, -0.25) is 4.40 Å². The maximum absolute atomic E-state index is 5.55. The van der Waals surface area contributed by atoms with Crippen molar-refractivity contribution in [2.45, 2.75) is 20.3 Å². The lowest BCUT2D eigenvalue weighted by Gasteiger charge is -1.96. The summed E-state index contributed by atoms with van der Waals surface area (Å²) in [7, 11) is 0. The summed E-state index contributed by atoms with van der Waals surface area (Å²) >= 11 is 1.72. The van der Waals surface area contributed by atoms with Gasteiger partial charge in [0.05, 0.1) is 5.69 Å². The number of nitrogens with zero attached hydrogens (tertiary/aromatic N) is 2. The summed E-state index contributed by atoms with van der Waals surface area (Å²) in [6.07, 6.45) is 3.04.